The van der Waals surface area contributed by atoms with Crippen molar-refractivity contribution in [2.75, 3.05) is 5.84 Å². The van der Waals surface area contributed by atoms with Crippen LogP contribution in [0.15, 0.2) is 6.07 Å². The molecule has 0 aliphatic heterocycles. The normalized spacial score (nSPS) is 9.92. The molecule has 0 aromatic carbocycles. The lowest BCUT2D eigenvalue weighted by atomic mass is 10.3. The first kappa shape index (κ1) is 8.58. The quantitative estimate of drug-likeness (QED) is 0.639. The first-order valence-electron chi connectivity index (χ1n) is 3.35. The van der Waals surface area contributed by atoms with E-state index in [9.17, 15) is 9.32 Å². The zero-order valence-corrected chi connectivity index (χ0v) is 6.80. The number of nitrogen functional groups attached to an aromatic ring is 1. The van der Waals surface area contributed by atoms with Gasteiger partial charge in [0.05, 0.1) is 0 Å². The third-order valence-electron chi connectivity index (χ3n) is 1.68. The summed E-state index contributed by atoms with van der Waals surface area (Å²) in [6.45, 7) is 3.37. The van der Waals surface area contributed by atoms with Crippen molar-refractivity contribution < 1.29 is 14.3 Å². The van der Waals surface area contributed by atoms with Gasteiger partial charge in [-0.3, -0.25) is 4.68 Å². The van der Waals surface area contributed by atoms with Crippen molar-refractivity contribution in [3.05, 3.63) is 23.0 Å². The van der Waals surface area contributed by atoms with Gasteiger partial charge in [-0.05, 0) is 25.5 Å². The molecule has 0 saturated heterocycles. The van der Waals surface area contributed by atoms with Crippen LogP contribution in [-0.4, -0.2) is 10.6 Å². The molecular formula is C7H9FN2O2. The lowest BCUT2D eigenvalue weighted by molar-refractivity contribution is -0.0796. The molecule has 5 heteroatoms. The fourth-order valence-corrected chi connectivity index (χ4v) is 1.11. The van der Waals surface area contributed by atoms with E-state index in [-0.39, 0.29) is 5.69 Å². The van der Waals surface area contributed by atoms with Crippen LogP contribution in [0.3, 0.4) is 0 Å². The van der Waals surface area contributed by atoms with Gasteiger partial charge in [0.25, 0.3) is 0 Å². The maximum atomic E-state index is 11.5. The summed E-state index contributed by atoms with van der Waals surface area (Å²) in [5, 5.41) is 0. The summed E-state index contributed by atoms with van der Waals surface area (Å²) in [5.74, 6) is 4.36. The molecule has 0 radical (unpaired) electrons. The Hall–Kier alpha value is -1.52. The molecule has 0 atom stereocenters. The number of hydrogen-bond donors (Lipinski definition) is 1. The Morgan fingerprint density at radius 3 is 2.58 bits per heavy atom. The number of halogens is 1. The number of nitrogens with zero attached hydrogens (tertiary/aromatic N) is 1. The van der Waals surface area contributed by atoms with Gasteiger partial charge in [0, 0.05) is 10.2 Å². The summed E-state index contributed by atoms with van der Waals surface area (Å²) in [6.07, 6.45) is 0. The predicted molar refractivity (Wildman–Crippen MR) is 40.6 cm³/mol. The number of carbonyl (C=O) groups is 1. The fourth-order valence-electron chi connectivity index (χ4n) is 1.11. The molecule has 2 N–H and O–H groups in total. The number of carbonyl (C=O) groups excluding carboxylic acids is 1. The molecule has 1 aromatic rings. The minimum absolute atomic E-state index is 0.0370. The Bertz CT molecular complexity index is 319. The standard InChI is InChI=1S/C7H9FN2O2/c1-4-3-5(2)10(9)6(4)7(11)12-8/h3H,9H2,1-2H3. The second-order valence-electron chi connectivity index (χ2n) is 2.55. The van der Waals surface area contributed by atoms with E-state index in [0.717, 1.165) is 4.68 Å². The summed E-state index contributed by atoms with van der Waals surface area (Å²) in [5.41, 5.74) is 1.31. The van der Waals surface area contributed by atoms with Crippen LogP contribution in [0, 0.1) is 13.8 Å². The number of rotatable bonds is 1. The van der Waals surface area contributed by atoms with Crippen LogP contribution in [0.4, 0.5) is 4.53 Å². The monoisotopic (exact) mass is 172 g/mol. The van der Waals surface area contributed by atoms with Crippen LogP contribution in [0.1, 0.15) is 21.7 Å². The van der Waals surface area contributed by atoms with Gasteiger partial charge in [0.2, 0.25) is 0 Å². The third kappa shape index (κ3) is 1.13. The Morgan fingerprint density at radius 2 is 2.25 bits per heavy atom. The van der Waals surface area contributed by atoms with E-state index >= 15 is 0 Å². The minimum Gasteiger partial charge on any atom is -0.339 e. The van der Waals surface area contributed by atoms with Gasteiger partial charge in [-0.15, -0.1) is 0 Å². The summed E-state index contributed by atoms with van der Waals surface area (Å²) in [7, 11) is 0. The molecule has 0 bridgehead atoms. The molecule has 0 aliphatic rings. The van der Waals surface area contributed by atoms with Gasteiger partial charge < -0.3 is 5.84 Å². The molecule has 66 valence electrons. The molecule has 1 rings (SSSR count). The van der Waals surface area contributed by atoms with E-state index < -0.39 is 5.97 Å². The van der Waals surface area contributed by atoms with Crippen LogP contribution in [-0.2, 0) is 4.94 Å². The Balaban J connectivity index is 3.22. The Morgan fingerprint density at radius 1 is 1.67 bits per heavy atom. The van der Waals surface area contributed by atoms with Crippen molar-refractivity contribution in [1.29, 1.82) is 0 Å². The number of aromatic nitrogens is 1. The molecule has 12 heavy (non-hydrogen) atoms. The first-order valence-corrected chi connectivity index (χ1v) is 3.35. The molecule has 1 aromatic heterocycles. The zero-order chi connectivity index (χ0) is 9.30. The van der Waals surface area contributed by atoms with Gasteiger partial charge >= 0.3 is 5.97 Å². The number of hydrogen-bond acceptors (Lipinski definition) is 3. The average molecular weight is 172 g/mol. The highest BCUT2D eigenvalue weighted by molar-refractivity contribution is 5.89. The van der Waals surface area contributed by atoms with E-state index in [2.05, 4.69) is 4.94 Å². The van der Waals surface area contributed by atoms with Crippen molar-refractivity contribution in [3.8, 4) is 0 Å². The highest BCUT2D eigenvalue weighted by atomic mass is 19.3. The van der Waals surface area contributed by atoms with Gasteiger partial charge in [-0.25, -0.2) is 9.74 Å². The van der Waals surface area contributed by atoms with E-state index in [0.29, 0.717) is 11.3 Å². The molecule has 0 saturated carbocycles. The first-order chi connectivity index (χ1) is 5.57. The van der Waals surface area contributed by atoms with E-state index in [1.165, 1.54) is 0 Å². The lowest BCUT2D eigenvalue weighted by Gasteiger charge is -2.00. The third-order valence-corrected chi connectivity index (χ3v) is 1.68. The Labute approximate surface area is 68.6 Å². The second-order valence-corrected chi connectivity index (χ2v) is 2.55. The largest absolute Gasteiger partial charge is 0.397 e. The number of aryl methyl sites for hydroxylation is 2. The van der Waals surface area contributed by atoms with Crippen LogP contribution in [0.2, 0.25) is 0 Å². The minimum atomic E-state index is -1.07. The van der Waals surface area contributed by atoms with Crippen molar-refractivity contribution >= 4 is 5.97 Å². The van der Waals surface area contributed by atoms with Gasteiger partial charge in [0.1, 0.15) is 0 Å². The van der Waals surface area contributed by atoms with Crippen LogP contribution >= 0.6 is 0 Å². The maximum absolute atomic E-state index is 11.5. The van der Waals surface area contributed by atoms with E-state index in [1.54, 1.807) is 19.9 Å². The Kier molecular flexibility index (Phi) is 2.03. The van der Waals surface area contributed by atoms with Gasteiger partial charge in [-0.2, -0.15) is 0 Å². The summed E-state index contributed by atoms with van der Waals surface area (Å²) in [4.78, 5) is 13.8. The van der Waals surface area contributed by atoms with Gasteiger partial charge in [-0.1, -0.05) is 0 Å². The predicted octanol–water partition coefficient (Wildman–Crippen LogP) is 0.860. The highest BCUT2D eigenvalue weighted by Gasteiger charge is 2.17. The van der Waals surface area contributed by atoms with Gasteiger partial charge in [0.15, 0.2) is 5.69 Å². The SMILES string of the molecule is Cc1cc(C)n(N)c1C(=O)OF. The molecule has 1 heterocycles. The molecular weight excluding hydrogens is 163 g/mol. The lowest BCUT2D eigenvalue weighted by Crippen LogP contribution is -2.18. The summed E-state index contributed by atoms with van der Waals surface area (Å²) in [6, 6.07) is 1.67. The summed E-state index contributed by atoms with van der Waals surface area (Å²) < 4.78 is 12.6. The molecule has 0 amide bonds. The summed E-state index contributed by atoms with van der Waals surface area (Å²) >= 11 is 0. The molecule has 0 fully saturated rings. The number of nitrogens with two attached hydrogens (primary N) is 1. The van der Waals surface area contributed by atoms with Crippen LogP contribution in [0.25, 0.3) is 0 Å². The average Bonchev–Trinajstić information content (AvgIpc) is 2.26. The fraction of sp³-hybridized carbons (Fsp3) is 0.286. The maximum Gasteiger partial charge on any atom is 0.397 e. The van der Waals surface area contributed by atoms with Crippen molar-refractivity contribution in [3.63, 3.8) is 0 Å². The van der Waals surface area contributed by atoms with E-state index in [1.807, 2.05) is 0 Å². The molecule has 4 nitrogen and oxygen atoms in total. The van der Waals surface area contributed by atoms with Crippen molar-refractivity contribution in [1.82, 2.24) is 4.68 Å². The topological polar surface area (TPSA) is 57.2 Å². The van der Waals surface area contributed by atoms with Crippen molar-refractivity contribution in [2.45, 2.75) is 13.8 Å². The van der Waals surface area contributed by atoms with Crippen LogP contribution < -0.4 is 5.84 Å². The molecule has 0 unspecified atom stereocenters. The second kappa shape index (κ2) is 2.84. The highest BCUT2D eigenvalue weighted by Crippen LogP contribution is 2.12. The zero-order valence-electron chi connectivity index (χ0n) is 6.80. The van der Waals surface area contributed by atoms with Crippen molar-refractivity contribution in [2.24, 2.45) is 0 Å². The molecule has 0 spiro atoms. The smallest absolute Gasteiger partial charge is 0.339 e. The van der Waals surface area contributed by atoms with E-state index in [4.69, 9.17) is 5.84 Å². The molecule has 0 aliphatic carbocycles. The van der Waals surface area contributed by atoms with Crippen LogP contribution in [0.5, 0.6) is 0 Å².